The van der Waals surface area contributed by atoms with Crippen LogP contribution in [0.25, 0.3) is 0 Å². The average Bonchev–Trinajstić information content (AvgIpc) is 3.41. The minimum Gasteiger partial charge on any atom is -0.482 e. The van der Waals surface area contributed by atoms with Gasteiger partial charge >= 0.3 is 0 Å². The van der Waals surface area contributed by atoms with Crippen LogP contribution >= 0.6 is 15.9 Å². The fourth-order valence-electron chi connectivity index (χ4n) is 4.42. The molecule has 0 aliphatic carbocycles. The third kappa shape index (κ3) is 4.29. The van der Waals surface area contributed by atoms with E-state index in [-0.39, 0.29) is 12.4 Å². The number of carbonyl (C=O) groups excluding carboxylic acids is 1. The second-order valence-corrected chi connectivity index (χ2v) is 8.68. The zero-order chi connectivity index (χ0) is 24.1. The first-order valence-corrected chi connectivity index (χ1v) is 12.0. The Morgan fingerprint density at radius 1 is 0.743 bits per heavy atom. The van der Waals surface area contributed by atoms with E-state index in [1.54, 1.807) is 24.5 Å². The summed E-state index contributed by atoms with van der Waals surface area (Å²) in [5, 5.41) is 0. The predicted molar refractivity (Wildman–Crippen MR) is 139 cm³/mol. The number of imidazole rings is 1. The van der Waals surface area contributed by atoms with Gasteiger partial charge in [-0.25, -0.2) is 9.97 Å². The highest BCUT2D eigenvalue weighted by molar-refractivity contribution is 9.10. The molecular formula is C29H22BrN3O2. The Morgan fingerprint density at radius 2 is 1.29 bits per heavy atom. The van der Waals surface area contributed by atoms with Crippen molar-refractivity contribution in [2.75, 3.05) is 6.61 Å². The van der Waals surface area contributed by atoms with E-state index in [2.05, 4.69) is 62.3 Å². The summed E-state index contributed by atoms with van der Waals surface area (Å²) in [6.07, 6.45) is 5.18. The standard InChI is InChI=1S/C29H22BrN3O2/c30-27-26(17-10-18-31-27)35-21-25(34)28-32-19-20-33(28)29(22-11-4-1-5-12-22,23-13-6-2-7-14-23)24-15-8-3-9-16-24/h1-20H,21H2. The summed E-state index contributed by atoms with van der Waals surface area (Å²) in [6.45, 7) is -0.171. The van der Waals surface area contributed by atoms with Crippen LogP contribution in [0.4, 0.5) is 0 Å². The number of hydrogen-bond acceptors (Lipinski definition) is 4. The molecule has 35 heavy (non-hydrogen) atoms. The molecule has 2 heterocycles. The highest BCUT2D eigenvalue weighted by Gasteiger charge is 2.40. The molecule has 3 aromatic carbocycles. The van der Waals surface area contributed by atoms with E-state index >= 15 is 0 Å². The maximum absolute atomic E-state index is 13.5. The van der Waals surface area contributed by atoms with E-state index in [9.17, 15) is 4.79 Å². The lowest BCUT2D eigenvalue weighted by Gasteiger charge is -2.38. The lowest BCUT2D eigenvalue weighted by Crippen LogP contribution is -2.39. The number of ketones is 1. The van der Waals surface area contributed by atoms with Crippen LogP contribution in [0.3, 0.4) is 0 Å². The number of pyridine rings is 1. The minimum atomic E-state index is -0.819. The minimum absolute atomic E-state index is 0.171. The number of hydrogen-bond donors (Lipinski definition) is 0. The average molecular weight is 524 g/mol. The SMILES string of the molecule is O=C(COc1cccnc1Br)c1nccn1C(c1ccccc1)(c1ccccc1)c1ccccc1. The number of benzene rings is 3. The zero-order valence-electron chi connectivity index (χ0n) is 18.8. The molecule has 0 aliphatic heterocycles. The number of aromatic nitrogens is 3. The lowest BCUT2D eigenvalue weighted by molar-refractivity contribution is 0.0903. The molecule has 6 heteroatoms. The monoisotopic (exact) mass is 523 g/mol. The van der Waals surface area contributed by atoms with Crippen molar-refractivity contribution in [2.24, 2.45) is 0 Å². The fraction of sp³-hybridized carbons (Fsp3) is 0.0690. The van der Waals surface area contributed by atoms with E-state index in [4.69, 9.17) is 4.74 Å². The molecule has 172 valence electrons. The van der Waals surface area contributed by atoms with Crippen molar-refractivity contribution >= 4 is 21.7 Å². The molecule has 0 fully saturated rings. The number of nitrogens with zero attached hydrogens (tertiary/aromatic N) is 3. The molecule has 0 saturated carbocycles. The van der Waals surface area contributed by atoms with E-state index in [0.717, 1.165) is 16.7 Å². The normalized spacial score (nSPS) is 11.2. The summed E-state index contributed by atoms with van der Waals surface area (Å²) in [4.78, 5) is 22.2. The van der Waals surface area contributed by atoms with Crippen molar-refractivity contribution in [2.45, 2.75) is 5.54 Å². The number of carbonyl (C=O) groups is 1. The van der Waals surface area contributed by atoms with Gasteiger partial charge in [-0.3, -0.25) is 4.79 Å². The van der Waals surface area contributed by atoms with Crippen LogP contribution in [-0.2, 0) is 5.54 Å². The number of Topliss-reactive ketones (excluding diaryl/α,β-unsaturated/α-hetero) is 1. The fourth-order valence-corrected chi connectivity index (χ4v) is 4.79. The molecule has 2 aromatic heterocycles. The Morgan fingerprint density at radius 3 is 1.80 bits per heavy atom. The molecule has 0 atom stereocenters. The maximum Gasteiger partial charge on any atom is 0.235 e. The molecule has 0 N–H and O–H groups in total. The summed E-state index contributed by atoms with van der Waals surface area (Å²) in [5.74, 6) is 0.568. The number of halogens is 1. The Hall–Kier alpha value is -4.03. The molecule has 0 unspecified atom stereocenters. The summed E-state index contributed by atoms with van der Waals surface area (Å²) < 4.78 is 8.30. The highest BCUT2D eigenvalue weighted by Crippen LogP contribution is 2.41. The lowest BCUT2D eigenvalue weighted by atomic mass is 9.76. The molecule has 0 saturated heterocycles. The van der Waals surface area contributed by atoms with Crippen LogP contribution in [0.15, 0.2) is 126 Å². The van der Waals surface area contributed by atoms with Gasteiger partial charge in [0.25, 0.3) is 0 Å². The van der Waals surface area contributed by atoms with Gasteiger partial charge in [-0.2, -0.15) is 0 Å². The van der Waals surface area contributed by atoms with Crippen molar-refractivity contribution in [3.05, 3.63) is 149 Å². The van der Waals surface area contributed by atoms with Gasteiger partial charge in [0.15, 0.2) is 18.2 Å². The molecule has 0 aliphatic rings. The van der Waals surface area contributed by atoms with E-state index in [1.807, 2.05) is 65.4 Å². The second kappa shape index (κ2) is 10.1. The van der Waals surface area contributed by atoms with Gasteiger partial charge in [0.2, 0.25) is 5.78 Å². The van der Waals surface area contributed by atoms with Crippen LogP contribution in [-0.4, -0.2) is 26.9 Å². The summed E-state index contributed by atoms with van der Waals surface area (Å²) >= 11 is 3.36. The summed E-state index contributed by atoms with van der Waals surface area (Å²) in [5.41, 5.74) is 2.22. The van der Waals surface area contributed by atoms with Gasteiger partial charge in [-0.05, 0) is 44.8 Å². The number of ether oxygens (including phenoxy) is 1. The Balaban J connectivity index is 1.68. The zero-order valence-corrected chi connectivity index (χ0v) is 20.4. The summed E-state index contributed by atoms with van der Waals surface area (Å²) in [6, 6.07) is 34.0. The van der Waals surface area contributed by atoms with Crippen molar-refractivity contribution in [1.29, 1.82) is 0 Å². The van der Waals surface area contributed by atoms with Crippen LogP contribution in [0.5, 0.6) is 5.75 Å². The molecule has 5 rings (SSSR count). The van der Waals surface area contributed by atoms with Gasteiger partial charge in [-0.15, -0.1) is 0 Å². The van der Waals surface area contributed by atoms with Crippen LogP contribution in [0.1, 0.15) is 27.3 Å². The Labute approximate surface area is 212 Å². The van der Waals surface area contributed by atoms with Crippen LogP contribution in [0, 0.1) is 0 Å². The maximum atomic E-state index is 13.5. The van der Waals surface area contributed by atoms with E-state index in [1.165, 1.54) is 0 Å². The first kappa shape index (κ1) is 22.7. The third-order valence-electron chi connectivity index (χ3n) is 5.91. The largest absolute Gasteiger partial charge is 0.482 e. The molecule has 0 radical (unpaired) electrons. The topological polar surface area (TPSA) is 57.0 Å². The van der Waals surface area contributed by atoms with E-state index < -0.39 is 5.54 Å². The van der Waals surface area contributed by atoms with Crippen molar-refractivity contribution in [3.63, 3.8) is 0 Å². The smallest absolute Gasteiger partial charge is 0.235 e. The molecule has 5 aromatic rings. The van der Waals surface area contributed by atoms with Crippen molar-refractivity contribution < 1.29 is 9.53 Å². The van der Waals surface area contributed by atoms with Crippen molar-refractivity contribution in [1.82, 2.24) is 14.5 Å². The van der Waals surface area contributed by atoms with Crippen LogP contribution < -0.4 is 4.74 Å². The second-order valence-electron chi connectivity index (χ2n) is 7.93. The molecule has 0 amide bonds. The Kier molecular flexibility index (Phi) is 6.55. The third-order valence-corrected chi connectivity index (χ3v) is 6.51. The van der Waals surface area contributed by atoms with Crippen LogP contribution in [0.2, 0.25) is 0 Å². The molecule has 0 spiro atoms. The predicted octanol–water partition coefficient (Wildman–Crippen LogP) is 6.14. The molecular weight excluding hydrogens is 502 g/mol. The Bertz CT molecular complexity index is 1320. The van der Waals surface area contributed by atoms with Crippen molar-refractivity contribution in [3.8, 4) is 5.75 Å². The van der Waals surface area contributed by atoms with Gasteiger partial charge in [0.05, 0.1) is 0 Å². The van der Waals surface area contributed by atoms with E-state index in [0.29, 0.717) is 16.2 Å². The van der Waals surface area contributed by atoms with Gasteiger partial charge < -0.3 is 9.30 Å². The molecule has 0 bridgehead atoms. The van der Waals surface area contributed by atoms with Gasteiger partial charge in [0.1, 0.15) is 10.1 Å². The quantitative estimate of drug-likeness (QED) is 0.139. The van der Waals surface area contributed by atoms with Gasteiger partial charge in [0, 0.05) is 18.6 Å². The highest BCUT2D eigenvalue weighted by atomic mass is 79.9. The summed E-state index contributed by atoms with van der Waals surface area (Å²) in [7, 11) is 0. The first-order chi connectivity index (χ1) is 17.2. The number of rotatable bonds is 8. The molecule has 5 nitrogen and oxygen atoms in total. The first-order valence-electron chi connectivity index (χ1n) is 11.2. The van der Waals surface area contributed by atoms with Gasteiger partial charge in [-0.1, -0.05) is 91.0 Å².